The topological polar surface area (TPSA) is 54.0 Å². The van der Waals surface area contributed by atoms with Crippen LogP contribution in [0, 0.1) is 6.92 Å². The second-order valence-corrected chi connectivity index (χ2v) is 12.3. The fourth-order valence-corrected chi connectivity index (χ4v) is 7.64. The molecular formula is C41H36N4Ni. The molecule has 0 spiro atoms. The summed E-state index contributed by atoms with van der Waals surface area (Å²) in [5.74, 6) is 0. The zero-order valence-corrected chi connectivity index (χ0v) is 28.1. The molecule has 0 unspecified atom stereocenters. The van der Waals surface area contributed by atoms with Crippen LogP contribution in [-0.2, 0) is 22.9 Å². The molecule has 3 aromatic carbocycles. The van der Waals surface area contributed by atoms with E-state index in [2.05, 4.69) is 114 Å². The summed E-state index contributed by atoms with van der Waals surface area (Å²) in [5.41, 5.74) is 15.3. The molecule has 2 aliphatic rings. The van der Waals surface area contributed by atoms with Gasteiger partial charge in [0.05, 0.1) is 22.8 Å². The van der Waals surface area contributed by atoms with Crippen LogP contribution in [-0.4, -0.2) is 9.97 Å². The van der Waals surface area contributed by atoms with Crippen LogP contribution in [0.3, 0.4) is 0 Å². The first kappa shape index (κ1) is 30.2. The summed E-state index contributed by atoms with van der Waals surface area (Å²) in [7, 11) is 0. The van der Waals surface area contributed by atoms with Crippen molar-refractivity contribution >= 4 is 76.7 Å². The largest absolute Gasteiger partial charge is 2.00 e. The van der Waals surface area contributed by atoms with Crippen molar-refractivity contribution in [2.24, 2.45) is 0 Å². The summed E-state index contributed by atoms with van der Waals surface area (Å²) >= 11 is 0. The van der Waals surface area contributed by atoms with Gasteiger partial charge in [0.1, 0.15) is 0 Å². The van der Waals surface area contributed by atoms with Gasteiger partial charge in [-0.25, -0.2) is 9.97 Å². The van der Waals surface area contributed by atoms with Crippen LogP contribution in [0.25, 0.3) is 76.7 Å². The normalized spacial score (nSPS) is 13.3. The smallest absolute Gasteiger partial charge is 0.657 e. The molecule has 0 amide bonds. The van der Waals surface area contributed by atoms with E-state index in [9.17, 15) is 0 Å². The van der Waals surface area contributed by atoms with Crippen molar-refractivity contribution in [2.75, 3.05) is 0 Å². The van der Waals surface area contributed by atoms with Crippen molar-refractivity contribution in [3.8, 4) is 0 Å². The molecule has 5 heteroatoms. The molecule has 2 aliphatic heterocycles. The maximum Gasteiger partial charge on any atom is 2.00 e. The molecule has 230 valence electrons. The molecule has 8 bridgehead atoms. The molecular weight excluding hydrogens is 607 g/mol. The first-order valence-electron chi connectivity index (χ1n) is 16.2. The van der Waals surface area contributed by atoms with Crippen LogP contribution in [0.5, 0.6) is 0 Å². The van der Waals surface area contributed by atoms with Gasteiger partial charge in [0.2, 0.25) is 0 Å². The minimum Gasteiger partial charge on any atom is -0.657 e. The van der Waals surface area contributed by atoms with E-state index in [-0.39, 0.29) is 16.5 Å². The Kier molecular flexibility index (Phi) is 7.49. The van der Waals surface area contributed by atoms with E-state index < -0.39 is 0 Å². The van der Waals surface area contributed by atoms with Gasteiger partial charge in [0, 0.05) is 0 Å². The minimum atomic E-state index is 0. The average Bonchev–Trinajstić information content (AvgIpc) is 3.74. The third-order valence-corrected chi connectivity index (χ3v) is 10.0. The molecule has 5 heterocycles. The SMILES string of the molecule is CCC1=C(C)c2cc3[n-]c(cc4nc(cc5[n-]c(cc1n2)c(CC)c5C)C(C)=C4CC)c1c2ccccc2c2ccccc2c31.[Ni+2]. The van der Waals surface area contributed by atoms with E-state index in [1.54, 1.807) is 0 Å². The number of nitrogens with zero attached hydrogens (tertiary/aromatic N) is 4. The average molecular weight is 643 g/mol. The summed E-state index contributed by atoms with van der Waals surface area (Å²) in [6.45, 7) is 13.2. The van der Waals surface area contributed by atoms with Gasteiger partial charge < -0.3 is 9.97 Å². The van der Waals surface area contributed by atoms with Gasteiger partial charge in [-0.3, -0.25) is 0 Å². The maximum absolute atomic E-state index is 5.42. The van der Waals surface area contributed by atoms with Gasteiger partial charge in [-0.05, 0) is 94.6 Å². The third kappa shape index (κ3) is 4.40. The second-order valence-electron chi connectivity index (χ2n) is 12.3. The van der Waals surface area contributed by atoms with Gasteiger partial charge in [0.15, 0.2) is 0 Å². The number of hydrogen-bond donors (Lipinski definition) is 0. The Labute approximate surface area is 279 Å². The zero-order chi connectivity index (χ0) is 31.0. The summed E-state index contributed by atoms with van der Waals surface area (Å²) in [4.78, 5) is 21.1. The summed E-state index contributed by atoms with van der Waals surface area (Å²) in [6.07, 6.45) is 2.71. The van der Waals surface area contributed by atoms with Gasteiger partial charge in [-0.2, -0.15) is 0 Å². The molecule has 0 radical (unpaired) electrons. The number of allylic oxidation sites excluding steroid dienone is 4. The van der Waals surface area contributed by atoms with Crippen molar-refractivity contribution in [3.05, 3.63) is 107 Å². The summed E-state index contributed by atoms with van der Waals surface area (Å²) in [5, 5.41) is 7.24. The molecule has 0 atom stereocenters. The number of hydrogen-bond acceptors (Lipinski definition) is 2. The number of fused-ring (bicyclic) bond motifs is 16. The summed E-state index contributed by atoms with van der Waals surface area (Å²) in [6, 6.07) is 26.3. The molecule has 6 aromatic rings. The van der Waals surface area contributed by atoms with Crippen LogP contribution >= 0.6 is 0 Å². The van der Waals surface area contributed by atoms with Gasteiger partial charge in [-0.15, -0.1) is 22.1 Å². The minimum absolute atomic E-state index is 0. The Morgan fingerprint density at radius 3 is 1.39 bits per heavy atom. The van der Waals surface area contributed by atoms with E-state index in [0.717, 1.165) is 64.1 Å². The van der Waals surface area contributed by atoms with Crippen molar-refractivity contribution < 1.29 is 16.5 Å². The monoisotopic (exact) mass is 642 g/mol. The van der Waals surface area contributed by atoms with Gasteiger partial charge in [-0.1, -0.05) is 105 Å². The number of aryl methyl sites for hydroxylation is 2. The molecule has 0 saturated carbocycles. The van der Waals surface area contributed by atoms with E-state index in [1.165, 1.54) is 65.7 Å². The number of aromatic nitrogens is 4. The molecule has 0 saturated heterocycles. The fraction of sp³-hybridized carbons (Fsp3) is 0.220. The van der Waals surface area contributed by atoms with Crippen LogP contribution in [0.1, 0.15) is 81.4 Å². The maximum atomic E-state index is 5.42. The zero-order valence-electron chi connectivity index (χ0n) is 27.2. The first-order valence-corrected chi connectivity index (χ1v) is 16.2. The molecule has 0 aliphatic carbocycles. The van der Waals surface area contributed by atoms with Crippen LogP contribution in [0.2, 0.25) is 0 Å². The first-order chi connectivity index (χ1) is 21.9. The molecule has 4 nitrogen and oxygen atoms in total. The van der Waals surface area contributed by atoms with E-state index >= 15 is 0 Å². The van der Waals surface area contributed by atoms with Crippen LogP contribution in [0.15, 0.2) is 72.8 Å². The molecule has 0 fully saturated rings. The second kappa shape index (κ2) is 11.4. The number of rotatable bonds is 3. The fourth-order valence-electron chi connectivity index (χ4n) is 7.64. The number of benzene rings is 3. The summed E-state index contributed by atoms with van der Waals surface area (Å²) < 4.78 is 0. The van der Waals surface area contributed by atoms with E-state index in [0.29, 0.717) is 0 Å². The van der Waals surface area contributed by atoms with Crippen molar-refractivity contribution in [3.63, 3.8) is 0 Å². The predicted molar refractivity (Wildman–Crippen MR) is 191 cm³/mol. The molecule has 46 heavy (non-hydrogen) atoms. The van der Waals surface area contributed by atoms with Crippen LogP contribution in [0.4, 0.5) is 0 Å². The Bertz CT molecular complexity index is 2470. The van der Waals surface area contributed by atoms with E-state index in [4.69, 9.17) is 19.9 Å². The van der Waals surface area contributed by atoms with Crippen molar-refractivity contribution in [1.82, 2.24) is 19.9 Å². The standard InChI is InChI=1S/C41H36N4.Ni/c1-7-25-22(4)32-18-33-23(5)27(9-3)37(43-33)21-39-41-31-17-13-11-15-29(31)28-14-10-12-16-30(28)40(41)38(45-39)19-34-24(6)26(8-2)36(44-34)20-35(25)42-32;/h10-21H,7-9H2,1-6H3;/q-2;+2. The Morgan fingerprint density at radius 1 is 0.500 bits per heavy atom. The Morgan fingerprint density at radius 2 is 0.913 bits per heavy atom. The molecule has 3 aromatic heterocycles. The van der Waals surface area contributed by atoms with Crippen LogP contribution < -0.4 is 9.97 Å². The van der Waals surface area contributed by atoms with Gasteiger partial charge in [0.25, 0.3) is 0 Å². The predicted octanol–water partition coefficient (Wildman–Crippen LogP) is 10.6. The van der Waals surface area contributed by atoms with Gasteiger partial charge >= 0.3 is 16.5 Å². The van der Waals surface area contributed by atoms with Crippen molar-refractivity contribution in [2.45, 2.75) is 60.8 Å². The third-order valence-electron chi connectivity index (χ3n) is 10.0. The quantitative estimate of drug-likeness (QED) is 0.142. The Balaban J connectivity index is 0.00000338. The molecule has 0 N–H and O–H groups in total. The van der Waals surface area contributed by atoms with Crippen molar-refractivity contribution in [1.29, 1.82) is 0 Å². The molecule has 8 rings (SSSR count). The van der Waals surface area contributed by atoms with E-state index in [1.807, 2.05) is 0 Å². The Hall–Kier alpha value is -4.47.